The molecule has 2 heteroatoms. The van der Waals surface area contributed by atoms with Crippen LogP contribution in [0.15, 0.2) is 118 Å². The van der Waals surface area contributed by atoms with Crippen LogP contribution in [0.25, 0.3) is 76.9 Å². The van der Waals surface area contributed by atoms with Gasteiger partial charge in [0.15, 0.2) is 0 Å². The van der Waals surface area contributed by atoms with Crippen molar-refractivity contribution in [3.63, 3.8) is 0 Å². The highest BCUT2D eigenvalue weighted by Gasteiger charge is 2.25. The predicted octanol–water partition coefficient (Wildman–Crippen LogP) is 9.88. The first kappa shape index (κ1) is 19.4. The third-order valence-electron chi connectivity index (χ3n) is 8.10. The summed E-state index contributed by atoms with van der Waals surface area (Å²) < 4.78 is 13.2. The van der Waals surface area contributed by atoms with Crippen molar-refractivity contribution in [2.24, 2.45) is 0 Å². The highest BCUT2D eigenvalue weighted by molar-refractivity contribution is 6.25. The molecule has 37 heavy (non-hydrogen) atoms. The van der Waals surface area contributed by atoms with Gasteiger partial charge in [-0.25, -0.2) is 0 Å². The summed E-state index contributed by atoms with van der Waals surface area (Å²) in [6, 6.07) is 38.8. The summed E-state index contributed by atoms with van der Waals surface area (Å²) in [5.74, 6) is 0. The van der Waals surface area contributed by atoms with Crippen LogP contribution in [0.3, 0.4) is 0 Å². The molecule has 2 heterocycles. The highest BCUT2D eigenvalue weighted by Crippen LogP contribution is 2.47. The summed E-state index contributed by atoms with van der Waals surface area (Å²) in [5, 5.41) is 7.03. The molecule has 1 aliphatic carbocycles. The molecule has 6 aromatic carbocycles. The van der Waals surface area contributed by atoms with E-state index in [1.807, 2.05) is 12.1 Å². The topological polar surface area (TPSA) is 26.3 Å². The first-order valence-corrected chi connectivity index (χ1v) is 12.7. The van der Waals surface area contributed by atoms with E-state index in [1.54, 1.807) is 0 Å². The summed E-state index contributed by atoms with van der Waals surface area (Å²) in [5.41, 5.74) is 11.2. The summed E-state index contributed by atoms with van der Waals surface area (Å²) in [7, 11) is 0. The predicted molar refractivity (Wildman–Crippen MR) is 152 cm³/mol. The second-order valence-corrected chi connectivity index (χ2v) is 10.0. The maximum Gasteiger partial charge on any atom is 0.143 e. The van der Waals surface area contributed by atoms with Crippen LogP contribution in [0.5, 0.6) is 0 Å². The maximum atomic E-state index is 6.76. The lowest BCUT2D eigenvalue weighted by molar-refractivity contribution is 0.669. The number of hydrogen-bond donors (Lipinski definition) is 0. The lowest BCUT2D eigenvalue weighted by atomic mass is 9.93. The van der Waals surface area contributed by atoms with Crippen molar-refractivity contribution in [1.29, 1.82) is 0 Å². The van der Waals surface area contributed by atoms with Crippen molar-refractivity contribution in [3.05, 3.63) is 120 Å². The van der Waals surface area contributed by atoms with Crippen molar-refractivity contribution in [3.8, 4) is 22.3 Å². The van der Waals surface area contributed by atoms with E-state index >= 15 is 0 Å². The van der Waals surface area contributed by atoms with Crippen molar-refractivity contribution in [2.45, 2.75) is 6.42 Å². The largest absolute Gasteiger partial charge is 0.455 e. The van der Waals surface area contributed by atoms with Gasteiger partial charge in [-0.15, -0.1) is 0 Å². The van der Waals surface area contributed by atoms with E-state index < -0.39 is 0 Å². The number of fused-ring (bicyclic) bond motifs is 12. The van der Waals surface area contributed by atoms with Gasteiger partial charge >= 0.3 is 0 Å². The van der Waals surface area contributed by atoms with Crippen LogP contribution in [0.2, 0.25) is 0 Å². The van der Waals surface area contributed by atoms with Gasteiger partial charge in [-0.2, -0.15) is 0 Å². The smallest absolute Gasteiger partial charge is 0.143 e. The Morgan fingerprint density at radius 1 is 0.432 bits per heavy atom. The fourth-order valence-corrected chi connectivity index (χ4v) is 6.49. The molecule has 0 fully saturated rings. The molecule has 0 atom stereocenters. The summed E-state index contributed by atoms with van der Waals surface area (Å²) in [6.07, 6.45) is 0.957. The van der Waals surface area contributed by atoms with E-state index in [2.05, 4.69) is 97.1 Å². The van der Waals surface area contributed by atoms with Crippen LogP contribution in [0.4, 0.5) is 0 Å². The number of rotatable bonds is 1. The standard InChI is InChI=1S/C35H20O2/c1-2-9-22-20(8-1)18-21-16-17-28-33-25-12-4-3-10-23(25)29(19-31(33)37-35(28)32(21)22)27-14-7-13-26-24-11-5-6-15-30(24)36-34(26)27/h1-17,19H,18H2. The van der Waals surface area contributed by atoms with Crippen LogP contribution >= 0.6 is 0 Å². The molecule has 0 N–H and O–H groups in total. The number of hydrogen-bond acceptors (Lipinski definition) is 2. The summed E-state index contributed by atoms with van der Waals surface area (Å²) >= 11 is 0. The Morgan fingerprint density at radius 2 is 1.16 bits per heavy atom. The van der Waals surface area contributed by atoms with Gasteiger partial charge in [-0.05, 0) is 51.6 Å². The van der Waals surface area contributed by atoms with Crippen LogP contribution in [0.1, 0.15) is 11.1 Å². The normalized spacial score (nSPS) is 12.8. The average molecular weight is 473 g/mol. The molecule has 9 rings (SSSR count). The summed E-state index contributed by atoms with van der Waals surface area (Å²) in [4.78, 5) is 0. The lowest BCUT2D eigenvalue weighted by Crippen LogP contribution is -1.84. The van der Waals surface area contributed by atoms with Gasteiger partial charge in [0.2, 0.25) is 0 Å². The zero-order valence-corrected chi connectivity index (χ0v) is 19.9. The molecule has 0 saturated carbocycles. The second-order valence-electron chi connectivity index (χ2n) is 10.0. The van der Waals surface area contributed by atoms with Crippen molar-refractivity contribution in [2.75, 3.05) is 0 Å². The lowest BCUT2D eigenvalue weighted by Gasteiger charge is -2.09. The van der Waals surface area contributed by atoms with Crippen LogP contribution in [-0.2, 0) is 6.42 Å². The Kier molecular flexibility index (Phi) is 3.61. The van der Waals surface area contributed by atoms with Crippen LogP contribution in [-0.4, -0.2) is 0 Å². The molecule has 2 nitrogen and oxygen atoms in total. The van der Waals surface area contributed by atoms with Crippen molar-refractivity contribution < 1.29 is 8.83 Å². The Morgan fingerprint density at radius 3 is 2.11 bits per heavy atom. The Balaban J connectivity index is 1.42. The number of furan rings is 2. The van der Waals surface area contributed by atoms with Gasteiger partial charge in [0.25, 0.3) is 0 Å². The van der Waals surface area contributed by atoms with Gasteiger partial charge < -0.3 is 8.83 Å². The molecule has 0 unspecified atom stereocenters. The van der Waals surface area contributed by atoms with E-state index in [0.29, 0.717) is 0 Å². The fourth-order valence-electron chi connectivity index (χ4n) is 6.49. The summed E-state index contributed by atoms with van der Waals surface area (Å²) in [6.45, 7) is 0. The minimum atomic E-state index is 0.910. The van der Waals surface area contributed by atoms with E-state index in [-0.39, 0.29) is 0 Å². The Labute approximate surface area is 212 Å². The molecule has 172 valence electrons. The monoisotopic (exact) mass is 472 g/mol. The highest BCUT2D eigenvalue weighted by atomic mass is 16.3. The molecule has 1 aliphatic rings. The van der Waals surface area contributed by atoms with Gasteiger partial charge in [0, 0.05) is 32.7 Å². The minimum absolute atomic E-state index is 0.910. The molecule has 8 aromatic rings. The zero-order chi connectivity index (χ0) is 24.1. The molecule has 0 spiro atoms. The molecular formula is C35H20O2. The SMILES string of the molecule is c1ccc2c(c1)Cc1ccc3c(oc4cc(-c5cccc6c5oc5ccccc56)c5ccccc5c43)c1-2. The molecule has 0 radical (unpaired) electrons. The second kappa shape index (κ2) is 6.89. The average Bonchev–Trinajstić information content (AvgIpc) is 3.63. The molecular weight excluding hydrogens is 452 g/mol. The molecule has 0 saturated heterocycles. The molecule has 0 bridgehead atoms. The van der Waals surface area contributed by atoms with E-state index in [0.717, 1.165) is 50.7 Å². The van der Waals surface area contributed by atoms with Crippen LogP contribution in [0, 0.1) is 0 Å². The van der Waals surface area contributed by atoms with E-state index in [9.17, 15) is 0 Å². The third kappa shape index (κ3) is 2.49. The van der Waals surface area contributed by atoms with Gasteiger partial charge in [-0.1, -0.05) is 97.1 Å². The first-order chi connectivity index (χ1) is 18.3. The molecule has 0 aliphatic heterocycles. The quantitative estimate of drug-likeness (QED) is 0.238. The van der Waals surface area contributed by atoms with Crippen molar-refractivity contribution >= 4 is 54.6 Å². The number of benzene rings is 6. The van der Waals surface area contributed by atoms with Crippen LogP contribution < -0.4 is 0 Å². The number of para-hydroxylation sites is 2. The van der Waals surface area contributed by atoms with E-state index in [1.165, 1.54) is 43.8 Å². The Bertz CT molecular complexity index is 2220. The zero-order valence-electron chi connectivity index (χ0n) is 19.9. The fraction of sp³-hybridized carbons (Fsp3) is 0.0286. The molecule has 2 aromatic heterocycles. The van der Waals surface area contributed by atoms with Crippen molar-refractivity contribution in [1.82, 2.24) is 0 Å². The first-order valence-electron chi connectivity index (χ1n) is 12.7. The maximum absolute atomic E-state index is 6.76. The molecule has 0 amide bonds. The minimum Gasteiger partial charge on any atom is -0.455 e. The van der Waals surface area contributed by atoms with Gasteiger partial charge in [0.1, 0.15) is 22.3 Å². The van der Waals surface area contributed by atoms with E-state index in [4.69, 9.17) is 8.83 Å². The van der Waals surface area contributed by atoms with Gasteiger partial charge in [0.05, 0.1) is 0 Å². The third-order valence-corrected chi connectivity index (χ3v) is 8.10. The Hall–Kier alpha value is -4.82. The van der Waals surface area contributed by atoms with Gasteiger partial charge in [-0.3, -0.25) is 0 Å².